The van der Waals surface area contributed by atoms with Gasteiger partial charge in [-0.1, -0.05) is 25.2 Å². The van der Waals surface area contributed by atoms with E-state index in [1.165, 1.54) is 5.57 Å². The van der Waals surface area contributed by atoms with Crippen LogP contribution < -0.4 is 0 Å². The lowest BCUT2D eigenvalue weighted by atomic mass is 10.2. The predicted molar refractivity (Wildman–Crippen MR) is 51.7 cm³/mol. The van der Waals surface area contributed by atoms with E-state index < -0.39 is 0 Å². The molecule has 11 heavy (non-hydrogen) atoms. The van der Waals surface area contributed by atoms with Crippen molar-refractivity contribution in [2.45, 2.75) is 20.3 Å². The van der Waals surface area contributed by atoms with E-state index in [2.05, 4.69) is 51.1 Å². The van der Waals surface area contributed by atoms with E-state index in [0.29, 0.717) is 0 Å². The normalized spacial score (nSPS) is 13.4. The molecule has 0 aromatic carbocycles. The molecule has 0 saturated carbocycles. The predicted octanol–water partition coefficient (Wildman–Crippen LogP) is 2.46. The molecule has 1 heteroatoms. The third-order valence-electron chi connectivity index (χ3n) is 1.35. The fourth-order valence-electron chi connectivity index (χ4n) is 1.03. The van der Waals surface area contributed by atoms with Gasteiger partial charge < -0.3 is 4.90 Å². The summed E-state index contributed by atoms with van der Waals surface area (Å²) in [5.41, 5.74) is 1.40. The largest absolute Gasteiger partial charge is 0.305 e. The summed E-state index contributed by atoms with van der Waals surface area (Å²) >= 11 is 0. The van der Waals surface area contributed by atoms with Gasteiger partial charge in [-0.3, -0.25) is 0 Å². The summed E-state index contributed by atoms with van der Waals surface area (Å²) in [6.07, 6.45) is 7.64. The van der Waals surface area contributed by atoms with Crippen molar-refractivity contribution in [3.05, 3.63) is 23.8 Å². The summed E-state index contributed by atoms with van der Waals surface area (Å²) in [5, 5.41) is 0. The standard InChI is InChI=1S/C10H19N/c1-5-7-10(8-6-2)9-11(3)4/h5,7-8H,6,9H2,1-4H3/b7-5-,10-8+. The van der Waals surface area contributed by atoms with Crippen molar-refractivity contribution in [3.8, 4) is 0 Å². The maximum Gasteiger partial charge on any atom is 0.0224 e. The summed E-state index contributed by atoms with van der Waals surface area (Å²) in [5.74, 6) is 0. The van der Waals surface area contributed by atoms with Crippen LogP contribution in [-0.2, 0) is 0 Å². The molecule has 0 rings (SSSR count). The second-order valence-corrected chi connectivity index (χ2v) is 2.93. The summed E-state index contributed by atoms with van der Waals surface area (Å²) in [6.45, 7) is 5.26. The number of likely N-dealkylation sites (N-methyl/N-ethyl adjacent to an activating group) is 1. The summed E-state index contributed by atoms with van der Waals surface area (Å²) in [7, 11) is 4.18. The first-order chi connectivity index (χ1) is 5.20. The topological polar surface area (TPSA) is 3.24 Å². The van der Waals surface area contributed by atoms with Crippen molar-refractivity contribution >= 4 is 0 Å². The molecular weight excluding hydrogens is 134 g/mol. The Morgan fingerprint density at radius 3 is 2.36 bits per heavy atom. The van der Waals surface area contributed by atoms with Crippen LogP contribution in [0.15, 0.2) is 23.8 Å². The first kappa shape index (κ1) is 10.4. The minimum atomic E-state index is 1.04. The third kappa shape index (κ3) is 5.86. The van der Waals surface area contributed by atoms with E-state index >= 15 is 0 Å². The third-order valence-corrected chi connectivity index (χ3v) is 1.35. The zero-order chi connectivity index (χ0) is 8.69. The van der Waals surface area contributed by atoms with Crippen molar-refractivity contribution in [1.29, 1.82) is 0 Å². The molecule has 0 spiro atoms. The lowest BCUT2D eigenvalue weighted by Gasteiger charge is -2.09. The molecule has 0 amide bonds. The SMILES string of the molecule is C/C=C\C(=C/CC)CN(C)C. The summed E-state index contributed by atoms with van der Waals surface area (Å²) < 4.78 is 0. The molecule has 0 radical (unpaired) electrons. The van der Waals surface area contributed by atoms with Gasteiger partial charge in [-0.25, -0.2) is 0 Å². The molecule has 0 heterocycles. The Balaban J connectivity index is 4.00. The highest BCUT2D eigenvalue weighted by molar-refractivity contribution is 5.19. The van der Waals surface area contributed by atoms with Crippen molar-refractivity contribution in [1.82, 2.24) is 4.90 Å². The Labute approximate surface area is 70.4 Å². The van der Waals surface area contributed by atoms with E-state index in [9.17, 15) is 0 Å². The van der Waals surface area contributed by atoms with Crippen LogP contribution in [0.25, 0.3) is 0 Å². The number of hydrogen-bond acceptors (Lipinski definition) is 1. The van der Waals surface area contributed by atoms with Crippen molar-refractivity contribution < 1.29 is 0 Å². The Kier molecular flexibility index (Phi) is 5.86. The van der Waals surface area contributed by atoms with Crippen LogP contribution in [0.4, 0.5) is 0 Å². The van der Waals surface area contributed by atoms with E-state index in [0.717, 1.165) is 13.0 Å². The quantitative estimate of drug-likeness (QED) is 0.561. The van der Waals surface area contributed by atoms with Crippen LogP contribution in [0.5, 0.6) is 0 Å². The highest BCUT2D eigenvalue weighted by Gasteiger charge is 1.92. The minimum Gasteiger partial charge on any atom is -0.305 e. The average molecular weight is 153 g/mol. The first-order valence-electron chi connectivity index (χ1n) is 4.17. The number of allylic oxidation sites excluding steroid dienone is 2. The van der Waals surface area contributed by atoms with Crippen molar-refractivity contribution in [3.63, 3.8) is 0 Å². The molecule has 0 fully saturated rings. The maximum absolute atomic E-state index is 2.26. The second kappa shape index (κ2) is 6.17. The van der Waals surface area contributed by atoms with Crippen LogP contribution >= 0.6 is 0 Å². The lowest BCUT2D eigenvalue weighted by molar-refractivity contribution is 0.448. The zero-order valence-electron chi connectivity index (χ0n) is 8.09. The highest BCUT2D eigenvalue weighted by Crippen LogP contribution is 2.00. The monoisotopic (exact) mass is 153 g/mol. The zero-order valence-corrected chi connectivity index (χ0v) is 8.09. The molecule has 0 aromatic heterocycles. The highest BCUT2D eigenvalue weighted by atomic mass is 15.0. The van der Waals surface area contributed by atoms with Gasteiger partial charge in [-0.05, 0) is 33.0 Å². The van der Waals surface area contributed by atoms with Gasteiger partial charge in [-0.15, -0.1) is 0 Å². The van der Waals surface area contributed by atoms with E-state index in [-0.39, 0.29) is 0 Å². The molecule has 0 atom stereocenters. The molecule has 0 unspecified atom stereocenters. The molecule has 0 saturated heterocycles. The smallest absolute Gasteiger partial charge is 0.0224 e. The average Bonchev–Trinajstić information content (AvgIpc) is 1.87. The van der Waals surface area contributed by atoms with E-state index in [1.54, 1.807) is 0 Å². The Bertz CT molecular complexity index is 143. The fourth-order valence-corrected chi connectivity index (χ4v) is 1.03. The van der Waals surface area contributed by atoms with E-state index in [1.807, 2.05) is 0 Å². The second-order valence-electron chi connectivity index (χ2n) is 2.93. The number of rotatable bonds is 4. The molecule has 64 valence electrons. The number of hydrogen-bond donors (Lipinski definition) is 0. The van der Waals surface area contributed by atoms with Gasteiger partial charge in [-0.2, -0.15) is 0 Å². The van der Waals surface area contributed by atoms with Crippen LogP contribution in [0.1, 0.15) is 20.3 Å². The maximum atomic E-state index is 2.26. The van der Waals surface area contributed by atoms with Gasteiger partial charge in [0.2, 0.25) is 0 Å². The molecule has 0 aliphatic carbocycles. The molecule has 0 N–H and O–H groups in total. The molecule has 0 aromatic rings. The Hall–Kier alpha value is -0.560. The summed E-state index contributed by atoms with van der Waals surface area (Å²) in [4.78, 5) is 2.18. The molecule has 0 aliphatic rings. The van der Waals surface area contributed by atoms with Crippen LogP contribution in [0.3, 0.4) is 0 Å². The van der Waals surface area contributed by atoms with Gasteiger partial charge in [0, 0.05) is 6.54 Å². The van der Waals surface area contributed by atoms with E-state index in [4.69, 9.17) is 0 Å². The first-order valence-corrected chi connectivity index (χ1v) is 4.17. The van der Waals surface area contributed by atoms with Crippen LogP contribution in [-0.4, -0.2) is 25.5 Å². The Morgan fingerprint density at radius 2 is 2.00 bits per heavy atom. The van der Waals surface area contributed by atoms with Gasteiger partial charge in [0.25, 0.3) is 0 Å². The summed E-state index contributed by atoms with van der Waals surface area (Å²) in [6, 6.07) is 0. The van der Waals surface area contributed by atoms with Gasteiger partial charge in [0.05, 0.1) is 0 Å². The molecular formula is C10H19N. The lowest BCUT2D eigenvalue weighted by Crippen LogP contribution is -2.14. The fraction of sp³-hybridized carbons (Fsp3) is 0.600. The van der Waals surface area contributed by atoms with Crippen LogP contribution in [0.2, 0.25) is 0 Å². The minimum absolute atomic E-state index is 1.04. The number of nitrogens with zero attached hydrogens (tertiary/aromatic N) is 1. The van der Waals surface area contributed by atoms with Gasteiger partial charge >= 0.3 is 0 Å². The van der Waals surface area contributed by atoms with Crippen LogP contribution in [0, 0.1) is 0 Å². The van der Waals surface area contributed by atoms with Crippen molar-refractivity contribution in [2.75, 3.05) is 20.6 Å². The van der Waals surface area contributed by atoms with Gasteiger partial charge in [0.1, 0.15) is 0 Å². The van der Waals surface area contributed by atoms with Crippen molar-refractivity contribution in [2.24, 2.45) is 0 Å². The molecule has 0 bridgehead atoms. The molecule has 0 aliphatic heterocycles. The molecule has 1 nitrogen and oxygen atoms in total. The van der Waals surface area contributed by atoms with Gasteiger partial charge in [0.15, 0.2) is 0 Å². The Morgan fingerprint density at radius 1 is 1.36 bits per heavy atom.